The maximum absolute atomic E-state index is 13.1. The van der Waals surface area contributed by atoms with Gasteiger partial charge in [-0.15, -0.1) is 0 Å². The van der Waals surface area contributed by atoms with Crippen molar-refractivity contribution in [1.29, 1.82) is 0 Å². The molecular weight excluding hydrogens is 448 g/mol. The zero-order valence-corrected chi connectivity index (χ0v) is 20.0. The van der Waals surface area contributed by atoms with Crippen molar-refractivity contribution >= 4 is 28.8 Å². The molecule has 0 fully saturated rings. The molecule has 0 radical (unpaired) electrons. The number of hydrogen-bond acceptors (Lipinski definition) is 7. The van der Waals surface area contributed by atoms with E-state index in [9.17, 15) is 9.59 Å². The average molecular weight is 475 g/mol. The Bertz CT molecular complexity index is 1200. The Labute approximate surface area is 203 Å². The van der Waals surface area contributed by atoms with Crippen LogP contribution in [0.2, 0.25) is 0 Å². The first kappa shape index (κ1) is 23.5. The summed E-state index contributed by atoms with van der Waals surface area (Å²) in [5.74, 6) is -0.562. The van der Waals surface area contributed by atoms with Gasteiger partial charge in [0.05, 0.1) is 23.7 Å². The highest BCUT2D eigenvalue weighted by Crippen LogP contribution is 2.45. The molecule has 4 rings (SSSR count). The summed E-state index contributed by atoms with van der Waals surface area (Å²) in [6.07, 6.45) is 5.12. The summed E-state index contributed by atoms with van der Waals surface area (Å²) < 4.78 is 5.42. The number of thioether (sulfide) groups is 1. The van der Waals surface area contributed by atoms with E-state index in [0.29, 0.717) is 17.8 Å². The van der Waals surface area contributed by atoms with Gasteiger partial charge in [-0.3, -0.25) is 9.78 Å². The maximum Gasteiger partial charge on any atom is 0.338 e. The Morgan fingerprint density at radius 3 is 2.79 bits per heavy atom. The first-order chi connectivity index (χ1) is 16.5. The third kappa shape index (κ3) is 4.97. The van der Waals surface area contributed by atoms with Crippen LogP contribution in [-0.2, 0) is 20.9 Å². The fourth-order valence-corrected chi connectivity index (χ4v) is 4.93. The lowest BCUT2D eigenvalue weighted by molar-refractivity contribution is -0.138. The Hall–Kier alpha value is -3.65. The predicted molar refractivity (Wildman–Crippen MR) is 133 cm³/mol. The lowest BCUT2D eigenvalue weighted by Crippen LogP contribution is -2.38. The number of rotatable bonds is 8. The summed E-state index contributed by atoms with van der Waals surface area (Å²) in [6, 6.07) is 11.2. The Morgan fingerprint density at radius 2 is 2.06 bits per heavy atom. The van der Waals surface area contributed by atoms with Gasteiger partial charge in [0.1, 0.15) is 6.61 Å². The molecule has 2 aliphatic heterocycles. The highest BCUT2D eigenvalue weighted by molar-refractivity contribution is 8.16. The van der Waals surface area contributed by atoms with Gasteiger partial charge in [0.25, 0.3) is 0 Å². The number of aromatic nitrogens is 1. The van der Waals surface area contributed by atoms with Crippen molar-refractivity contribution in [3.8, 4) is 0 Å². The molecule has 174 valence electrons. The zero-order chi connectivity index (χ0) is 24.1. The number of carbonyl (C=O) groups is 2. The number of hydrogen-bond donors (Lipinski definition) is 1. The normalized spacial score (nSPS) is 17.0. The first-order valence-corrected chi connectivity index (χ1v) is 11.8. The molecule has 0 spiro atoms. The molecule has 0 bridgehead atoms. The molecule has 1 N–H and O–H groups in total. The van der Waals surface area contributed by atoms with Crippen molar-refractivity contribution in [2.45, 2.75) is 32.9 Å². The number of carbonyl (C=O) groups excluding carboxylic acids is 2. The van der Waals surface area contributed by atoms with E-state index in [-0.39, 0.29) is 18.9 Å². The molecular formula is C26H26N4O3S. The van der Waals surface area contributed by atoms with Crippen LogP contribution >= 0.6 is 11.8 Å². The van der Waals surface area contributed by atoms with Gasteiger partial charge in [0, 0.05) is 24.6 Å². The molecule has 0 saturated heterocycles. The third-order valence-electron chi connectivity index (χ3n) is 5.59. The highest BCUT2D eigenvalue weighted by Gasteiger charge is 2.41. The van der Waals surface area contributed by atoms with Gasteiger partial charge in [-0.25, -0.2) is 9.79 Å². The minimum atomic E-state index is -0.446. The van der Waals surface area contributed by atoms with Gasteiger partial charge < -0.3 is 15.0 Å². The number of fused-ring (bicyclic) bond motifs is 1. The summed E-state index contributed by atoms with van der Waals surface area (Å²) in [6.45, 7) is 7.97. The van der Waals surface area contributed by atoms with Crippen LogP contribution in [0.5, 0.6) is 0 Å². The number of ether oxygens (including phenoxy) is 1. The van der Waals surface area contributed by atoms with E-state index in [1.54, 1.807) is 12.4 Å². The summed E-state index contributed by atoms with van der Waals surface area (Å²) in [4.78, 5) is 36.7. The number of nitrogens with one attached hydrogen (secondary N) is 1. The number of esters is 1. The van der Waals surface area contributed by atoms with Crippen molar-refractivity contribution in [3.05, 3.63) is 101 Å². The van der Waals surface area contributed by atoms with Crippen LogP contribution < -0.4 is 5.32 Å². The highest BCUT2D eigenvalue weighted by atomic mass is 32.2. The molecule has 2 aromatic rings. The number of benzene rings is 1. The number of amidine groups is 1. The van der Waals surface area contributed by atoms with Crippen LogP contribution in [0.15, 0.2) is 88.8 Å². The molecule has 2 aliphatic rings. The van der Waals surface area contributed by atoms with Crippen LogP contribution in [-0.4, -0.2) is 33.5 Å². The van der Waals surface area contributed by atoms with E-state index in [1.807, 2.05) is 60.6 Å². The quantitative estimate of drug-likeness (QED) is 0.451. The van der Waals surface area contributed by atoms with Crippen molar-refractivity contribution in [2.24, 2.45) is 4.99 Å². The van der Waals surface area contributed by atoms with Crippen LogP contribution in [0.4, 0.5) is 0 Å². The van der Waals surface area contributed by atoms with E-state index in [1.165, 1.54) is 17.8 Å². The van der Waals surface area contributed by atoms with Crippen LogP contribution in [0.3, 0.4) is 0 Å². The summed E-state index contributed by atoms with van der Waals surface area (Å²) in [5.41, 5.74) is 4.77. The minimum absolute atomic E-state index is 0.112. The second kappa shape index (κ2) is 10.5. The van der Waals surface area contributed by atoms with Crippen molar-refractivity contribution < 1.29 is 14.3 Å². The zero-order valence-electron chi connectivity index (χ0n) is 19.2. The lowest BCUT2D eigenvalue weighted by atomic mass is 9.91. The Kier molecular flexibility index (Phi) is 7.27. The van der Waals surface area contributed by atoms with Crippen LogP contribution in [0.1, 0.15) is 36.1 Å². The molecule has 8 heteroatoms. The van der Waals surface area contributed by atoms with Gasteiger partial charge >= 0.3 is 5.97 Å². The van der Waals surface area contributed by atoms with Crippen LogP contribution in [0, 0.1) is 6.92 Å². The molecule has 1 amide bonds. The SMILES string of the molecule is C=CCOC(=O)C1=C(C)N=C2SC=C(CC(=O)NCc3cccnc3)N2C1c1ccccc1C. The van der Waals surface area contributed by atoms with Gasteiger partial charge in [-0.05, 0) is 42.0 Å². The predicted octanol–water partition coefficient (Wildman–Crippen LogP) is 4.40. The molecule has 1 aromatic carbocycles. The number of aliphatic imine (C=N–C) groups is 1. The molecule has 1 aromatic heterocycles. The standard InChI is InChI=1S/C26H26N4O3S/c1-4-12-33-25(32)23-18(3)29-26-30(24(23)21-10-6-5-8-17(21)2)20(16-34-26)13-22(31)28-15-19-9-7-11-27-14-19/h4-11,14,16,24H,1,12-13,15H2,2-3H3,(H,28,31). The van der Waals surface area contributed by atoms with Crippen LogP contribution in [0.25, 0.3) is 0 Å². The van der Waals surface area contributed by atoms with Crippen molar-refractivity contribution in [3.63, 3.8) is 0 Å². The first-order valence-electron chi connectivity index (χ1n) is 10.9. The monoisotopic (exact) mass is 474 g/mol. The number of nitrogens with zero attached hydrogens (tertiary/aromatic N) is 3. The third-order valence-corrected chi connectivity index (χ3v) is 6.48. The van der Waals surface area contributed by atoms with Gasteiger partial charge in [0.15, 0.2) is 5.17 Å². The molecule has 1 unspecified atom stereocenters. The number of allylic oxidation sites excluding steroid dienone is 1. The molecule has 34 heavy (non-hydrogen) atoms. The molecule has 0 aliphatic carbocycles. The summed E-state index contributed by atoms with van der Waals surface area (Å²) in [7, 11) is 0. The second-order valence-electron chi connectivity index (χ2n) is 7.95. The number of amides is 1. The fraction of sp³-hybridized carbons (Fsp3) is 0.231. The summed E-state index contributed by atoms with van der Waals surface area (Å²) in [5, 5.41) is 5.61. The Balaban J connectivity index is 1.62. The fourth-order valence-electron chi connectivity index (χ4n) is 3.96. The number of pyridine rings is 1. The molecule has 1 atom stereocenters. The topological polar surface area (TPSA) is 83.9 Å². The molecule has 3 heterocycles. The lowest BCUT2D eigenvalue weighted by Gasteiger charge is -2.37. The van der Waals surface area contributed by atoms with Gasteiger partial charge in [-0.1, -0.05) is 54.7 Å². The largest absolute Gasteiger partial charge is 0.458 e. The maximum atomic E-state index is 13.1. The van der Waals surface area contributed by atoms with Crippen molar-refractivity contribution in [1.82, 2.24) is 15.2 Å². The van der Waals surface area contributed by atoms with E-state index < -0.39 is 12.0 Å². The summed E-state index contributed by atoms with van der Waals surface area (Å²) >= 11 is 1.45. The van der Waals surface area contributed by atoms with Crippen molar-refractivity contribution in [2.75, 3.05) is 6.61 Å². The van der Waals surface area contributed by atoms with E-state index >= 15 is 0 Å². The smallest absolute Gasteiger partial charge is 0.338 e. The number of aryl methyl sites for hydroxylation is 1. The van der Waals surface area contributed by atoms with E-state index in [0.717, 1.165) is 27.6 Å². The second-order valence-corrected chi connectivity index (χ2v) is 8.79. The van der Waals surface area contributed by atoms with Gasteiger partial charge in [-0.2, -0.15) is 0 Å². The van der Waals surface area contributed by atoms with Gasteiger partial charge in [0.2, 0.25) is 5.91 Å². The average Bonchev–Trinajstić information content (AvgIpc) is 3.23. The Morgan fingerprint density at radius 1 is 1.24 bits per heavy atom. The molecule has 7 nitrogen and oxygen atoms in total. The van der Waals surface area contributed by atoms with E-state index in [2.05, 4.69) is 21.9 Å². The minimum Gasteiger partial charge on any atom is -0.458 e. The molecule has 0 saturated carbocycles. The van der Waals surface area contributed by atoms with E-state index in [4.69, 9.17) is 4.74 Å².